The lowest BCUT2D eigenvalue weighted by Gasteiger charge is -2.27. The van der Waals surface area contributed by atoms with Gasteiger partial charge in [-0.05, 0) is 23.6 Å². The summed E-state index contributed by atoms with van der Waals surface area (Å²) in [5.74, 6) is 0.165. The lowest BCUT2D eigenvalue weighted by Crippen LogP contribution is -2.34. The van der Waals surface area contributed by atoms with E-state index in [1.807, 2.05) is 23.1 Å². The van der Waals surface area contributed by atoms with Crippen LogP contribution < -0.4 is 0 Å². The van der Waals surface area contributed by atoms with E-state index in [1.54, 1.807) is 6.92 Å². The normalized spacial score (nSPS) is 15.3. The molecule has 0 bridgehead atoms. The molecule has 13 heavy (non-hydrogen) atoms. The second kappa shape index (κ2) is 3.21. The molecule has 2 nitrogen and oxygen atoms in total. The zero-order chi connectivity index (χ0) is 9.26. The highest BCUT2D eigenvalue weighted by molar-refractivity contribution is 5.73. The van der Waals surface area contributed by atoms with Crippen molar-refractivity contribution in [2.75, 3.05) is 6.54 Å². The summed E-state index contributed by atoms with van der Waals surface area (Å²) in [5.41, 5.74) is 2.60. The van der Waals surface area contributed by atoms with Crippen LogP contribution in [-0.4, -0.2) is 17.4 Å². The van der Waals surface area contributed by atoms with Gasteiger partial charge in [-0.1, -0.05) is 18.2 Å². The Morgan fingerprint density at radius 1 is 1.54 bits per heavy atom. The Morgan fingerprint density at radius 2 is 2.38 bits per heavy atom. The molecule has 0 atom stereocenters. The molecule has 1 aromatic carbocycles. The van der Waals surface area contributed by atoms with Crippen molar-refractivity contribution in [3.8, 4) is 0 Å². The van der Waals surface area contributed by atoms with Gasteiger partial charge in [0.15, 0.2) is 0 Å². The Balaban J connectivity index is 2.24. The first-order chi connectivity index (χ1) is 6.27. The van der Waals surface area contributed by atoms with Crippen LogP contribution in [0.3, 0.4) is 0 Å². The molecular weight excluding hydrogens is 162 g/mol. The van der Waals surface area contributed by atoms with Gasteiger partial charge in [-0.25, -0.2) is 0 Å². The molecule has 1 aliphatic heterocycles. The Hall–Kier alpha value is -1.31. The molecule has 2 rings (SSSR count). The first kappa shape index (κ1) is 8.30. The minimum absolute atomic E-state index is 0.165. The quantitative estimate of drug-likeness (QED) is 0.582. The van der Waals surface area contributed by atoms with Crippen molar-refractivity contribution >= 4 is 5.91 Å². The molecule has 0 N–H and O–H groups in total. The molecule has 1 aliphatic rings. The van der Waals surface area contributed by atoms with E-state index in [-0.39, 0.29) is 5.91 Å². The zero-order valence-electron chi connectivity index (χ0n) is 7.71. The van der Waals surface area contributed by atoms with Gasteiger partial charge in [0, 0.05) is 20.0 Å². The van der Waals surface area contributed by atoms with E-state index in [1.165, 1.54) is 11.1 Å². The molecule has 0 aromatic heterocycles. The summed E-state index contributed by atoms with van der Waals surface area (Å²) < 4.78 is 0. The second-order valence-electron chi connectivity index (χ2n) is 3.39. The summed E-state index contributed by atoms with van der Waals surface area (Å²) >= 11 is 0. The van der Waals surface area contributed by atoms with E-state index in [4.69, 9.17) is 0 Å². The van der Waals surface area contributed by atoms with Gasteiger partial charge in [0.2, 0.25) is 5.91 Å². The molecule has 67 valence electrons. The minimum atomic E-state index is 0.165. The standard InChI is InChI=1S/C11H12NO/c1-9(13)12-7-6-10-4-2-3-5-11(10)8-12/h3-5H,6-8H2,1H3. The number of carbonyl (C=O) groups is 1. The third-order valence-electron chi connectivity index (χ3n) is 2.51. The van der Waals surface area contributed by atoms with Crippen LogP contribution in [0.4, 0.5) is 0 Å². The number of hydrogen-bond acceptors (Lipinski definition) is 1. The van der Waals surface area contributed by atoms with Gasteiger partial charge in [-0.3, -0.25) is 4.79 Å². The van der Waals surface area contributed by atoms with Crippen molar-refractivity contribution in [3.63, 3.8) is 0 Å². The minimum Gasteiger partial charge on any atom is -0.338 e. The molecule has 1 radical (unpaired) electrons. The number of nitrogens with zero attached hydrogens (tertiary/aromatic N) is 1. The maximum atomic E-state index is 11.1. The molecule has 2 heteroatoms. The summed E-state index contributed by atoms with van der Waals surface area (Å²) in [7, 11) is 0. The highest BCUT2D eigenvalue weighted by Gasteiger charge is 2.16. The maximum Gasteiger partial charge on any atom is 0.219 e. The summed E-state index contributed by atoms with van der Waals surface area (Å²) in [6.07, 6.45) is 0.965. The molecular formula is C11H12NO. The molecule has 0 saturated carbocycles. The van der Waals surface area contributed by atoms with Crippen LogP contribution in [0.15, 0.2) is 18.2 Å². The summed E-state index contributed by atoms with van der Waals surface area (Å²) in [6.45, 7) is 3.24. The molecule has 0 spiro atoms. The average Bonchev–Trinajstić information content (AvgIpc) is 2.17. The highest BCUT2D eigenvalue weighted by atomic mass is 16.2. The van der Waals surface area contributed by atoms with E-state index >= 15 is 0 Å². The van der Waals surface area contributed by atoms with E-state index in [0.717, 1.165) is 19.5 Å². The summed E-state index contributed by atoms with van der Waals surface area (Å²) in [5, 5.41) is 0. The predicted molar refractivity (Wildman–Crippen MR) is 50.1 cm³/mol. The van der Waals surface area contributed by atoms with Crippen molar-refractivity contribution in [2.45, 2.75) is 19.9 Å². The second-order valence-corrected chi connectivity index (χ2v) is 3.39. The number of amides is 1. The molecule has 0 fully saturated rings. The molecule has 1 aromatic rings. The maximum absolute atomic E-state index is 11.1. The smallest absolute Gasteiger partial charge is 0.219 e. The van der Waals surface area contributed by atoms with Crippen LogP contribution >= 0.6 is 0 Å². The lowest BCUT2D eigenvalue weighted by molar-refractivity contribution is -0.129. The van der Waals surface area contributed by atoms with Crippen molar-refractivity contribution < 1.29 is 4.79 Å². The highest BCUT2D eigenvalue weighted by Crippen LogP contribution is 2.17. The Labute approximate surface area is 78.2 Å². The number of carbonyl (C=O) groups excluding carboxylic acids is 1. The van der Waals surface area contributed by atoms with Gasteiger partial charge < -0.3 is 4.90 Å². The Kier molecular flexibility index (Phi) is 2.05. The fraction of sp³-hybridized carbons (Fsp3) is 0.364. The van der Waals surface area contributed by atoms with Gasteiger partial charge in [0.25, 0.3) is 0 Å². The molecule has 0 aliphatic carbocycles. The van der Waals surface area contributed by atoms with Gasteiger partial charge in [-0.15, -0.1) is 0 Å². The van der Waals surface area contributed by atoms with Gasteiger partial charge in [-0.2, -0.15) is 0 Å². The molecule has 0 saturated heterocycles. The first-order valence-corrected chi connectivity index (χ1v) is 4.51. The van der Waals surface area contributed by atoms with E-state index in [2.05, 4.69) is 6.07 Å². The number of benzene rings is 1. The monoisotopic (exact) mass is 174 g/mol. The average molecular weight is 174 g/mol. The first-order valence-electron chi connectivity index (χ1n) is 4.51. The number of fused-ring (bicyclic) bond motifs is 1. The van der Waals surface area contributed by atoms with Crippen LogP contribution in [0, 0.1) is 6.07 Å². The SMILES string of the molecule is CC(=O)N1CCc2c[c]ccc2C1. The van der Waals surface area contributed by atoms with Gasteiger partial charge in [0.05, 0.1) is 0 Å². The molecule has 1 heterocycles. The Bertz CT molecular complexity index is 333. The summed E-state index contributed by atoms with van der Waals surface area (Å²) in [6, 6.07) is 9.03. The van der Waals surface area contributed by atoms with E-state index in [9.17, 15) is 4.79 Å². The lowest BCUT2D eigenvalue weighted by atomic mass is 10.00. The van der Waals surface area contributed by atoms with Crippen molar-refractivity contribution in [2.24, 2.45) is 0 Å². The Morgan fingerprint density at radius 3 is 3.15 bits per heavy atom. The third-order valence-corrected chi connectivity index (χ3v) is 2.51. The van der Waals surface area contributed by atoms with Crippen molar-refractivity contribution in [3.05, 3.63) is 35.4 Å². The van der Waals surface area contributed by atoms with Crippen molar-refractivity contribution in [1.82, 2.24) is 4.90 Å². The van der Waals surface area contributed by atoms with Crippen molar-refractivity contribution in [1.29, 1.82) is 0 Å². The number of rotatable bonds is 0. The van der Waals surface area contributed by atoms with E-state index in [0.29, 0.717) is 0 Å². The van der Waals surface area contributed by atoms with Crippen LogP contribution in [0.1, 0.15) is 18.1 Å². The topological polar surface area (TPSA) is 20.3 Å². The molecule has 1 amide bonds. The van der Waals surface area contributed by atoms with Crippen LogP contribution in [-0.2, 0) is 17.8 Å². The fourth-order valence-corrected chi connectivity index (χ4v) is 1.69. The largest absolute Gasteiger partial charge is 0.338 e. The van der Waals surface area contributed by atoms with Gasteiger partial charge in [0.1, 0.15) is 0 Å². The third kappa shape index (κ3) is 1.57. The predicted octanol–water partition coefficient (Wildman–Crippen LogP) is 1.39. The van der Waals surface area contributed by atoms with E-state index < -0.39 is 0 Å². The van der Waals surface area contributed by atoms with Gasteiger partial charge >= 0.3 is 0 Å². The molecule has 0 unspecified atom stereocenters. The zero-order valence-corrected chi connectivity index (χ0v) is 7.71. The summed E-state index contributed by atoms with van der Waals surface area (Å²) in [4.78, 5) is 13.0. The van der Waals surface area contributed by atoms with Crippen LogP contribution in [0.5, 0.6) is 0 Å². The van der Waals surface area contributed by atoms with Crippen LogP contribution in [0.2, 0.25) is 0 Å². The number of hydrogen-bond donors (Lipinski definition) is 0. The fourth-order valence-electron chi connectivity index (χ4n) is 1.69. The van der Waals surface area contributed by atoms with Crippen LogP contribution in [0.25, 0.3) is 0 Å².